The van der Waals surface area contributed by atoms with Gasteiger partial charge in [0.05, 0.1) is 12.2 Å². The third-order valence-electron chi connectivity index (χ3n) is 3.43. The highest BCUT2D eigenvalue weighted by Crippen LogP contribution is 2.31. The molecule has 2 heterocycles. The number of nitrogens with zero attached hydrogens (tertiary/aromatic N) is 1. The van der Waals surface area contributed by atoms with Crippen LogP contribution in [-0.4, -0.2) is 17.0 Å². The van der Waals surface area contributed by atoms with Crippen molar-refractivity contribution in [1.29, 1.82) is 0 Å². The molecule has 1 aliphatic rings. The number of amides is 1. The Morgan fingerprint density at radius 2 is 2.10 bits per heavy atom. The Morgan fingerprint density at radius 1 is 1.29 bits per heavy atom. The second kappa shape index (κ2) is 5.29. The van der Waals surface area contributed by atoms with Crippen LogP contribution in [0.15, 0.2) is 30.3 Å². The molecule has 6 heteroatoms. The fourth-order valence-corrected chi connectivity index (χ4v) is 3.25. The monoisotopic (exact) mass is 305 g/mol. The van der Waals surface area contributed by atoms with Crippen LogP contribution in [0.25, 0.3) is 0 Å². The number of carboxylic acid groups (broad SMARTS) is 1. The predicted molar refractivity (Wildman–Crippen MR) is 77.2 cm³/mol. The van der Waals surface area contributed by atoms with E-state index < -0.39 is 5.97 Å². The van der Waals surface area contributed by atoms with Gasteiger partial charge in [0.1, 0.15) is 10.7 Å². The first-order valence-corrected chi connectivity index (χ1v) is 7.27. The van der Waals surface area contributed by atoms with Crippen LogP contribution in [0.2, 0.25) is 0 Å². The van der Waals surface area contributed by atoms with Crippen molar-refractivity contribution in [2.24, 2.45) is 0 Å². The van der Waals surface area contributed by atoms with Gasteiger partial charge in [-0.25, -0.2) is 9.18 Å². The van der Waals surface area contributed by atoms with E-state index in [1.165, 1.54) is 23.1 Å². The summed E-state index contributed by atoms with van der Waals surface area (Å²) >= 11 is 1.13. The quantitative estimate of drug-likeness (QED) is 0.948. The summed E-state index contributed by atoms with van der Waals surface area (Å²) in [4.78, 5) is 25.5. The van der Waals surface area contributed by atoms with Crippen molar-refractivity contribution in [2.75, 3.05) is 4.90 Å². The maximum atomic E-state index is 13.4. The number of halogens is 1. The highest BCUT2D eigenvalue weighted by molar-refractivity contribution is 7.13. The molecular weight excluding hydrogens is 293 g/mol. The molecule has 3 rings (SSSR count). The summed E-state index contributed by atoms with van der Waals surface area (Å²) in [6.07, 6.45) is 0.992. The molecule has 1 aromatic heterocycles. The summed E-state index contributed by atoms with van der Waals surface area (Å²) < 4.78 is 13.4. The number of benzene rings is 1. The van der Waals surface area contributed by atoms with Gasteiger partial charge in [-0.1, -0.05) is 6.07 Å². The average molecular weight is 305 g/mol. The van der Waals surface area contributed by atoms with Gasteiger partial charge < -0.3 is 10.0 Å². The molecule has 0 aliphatic carbocycles. The SMILES string of the molecule is O=C(O)c1ccc(CN2C(=O)CCc3ccc(F)cc32)s1. The highest BCUT2D eigenvalue weighted by atomic mass is 32.1. The Morgan fingerprint density at radius 3 is 2.81 bits per heavy atom. The Balaban J connectivity index is 1.92. The highest BCUT2D eigenvalue weighted by Gasteiger charge is 2.25. The lowest BCUT2D eigenvalue weighted by Crippen LogP contribution is -2.34. The van der Waals surface area contributed by atoms with E-state index in [0.29, 0.717) is 18.5 Å². The summed E-state index contributed by atoms with van der Waals surface area (Å²) in [6.45, 7) is 0.271. The predicted octanol–water partition coefficient (Wildman–Crippen LogP) is 3.06. The molecule has 1 aromatic carbocycles. The summed E-state index contributed by atoms with van der Waals surface area (Å²) in [7, 11) is 0. The Hall–Kier alpha value is -2.21. The van der Waals surface area contributed by atoms with Crippen LogP contribution in [0, 0.1) is 5.82 Å². The number of fused-ring (bicyclic) bond motifs is 1. The van der Waals surface area contributed by atoms with E-state index in [4.69, 9.17) is 5.11 Å². The number of thiophene rings is 1. The number of carbonyl (C=O) groups is 2. The Kier molecular flexibility index (Phi) is 3.47. The third-order valence-corrected chi connectivity index (χ3v) is 4.49. The van der Waals surface area contributed by atoms with Crippen molar-refractivity contribution >= 4 is 28.9 Å². The summed E-state index contributed by atoms with van der Waals surface area (Å²) in [5.41, 5.74) is 1.52. The molecular formula is C15H12FNO3S. The van der Waals surface area contributed by atoms with Crippen molar-refractivity contribution in [3.05, 3.63) is 51.5 Å². The minimum absolute atomic E-state index is 0.0709. The van der Waals surface area contributed by atoms with Crippen LogP contribution in [0.3, 0.4) is 0 Å². The van der Waals surface area contributed by atoms with Crippen molar-refractivity contribution in [3.63, 3.8) is 0 Å². The Labute approximate surface area is 124 Å². The molecule has 0 radical (unpaired) electrons. The van der Waals surface area contributed by atoms with E-state index in [9.17, 15) is 14.0 Å². The number of rotatable bonds is 3. The standard InChI is InChI=1S/C15H12FNO3S/c16-10-3-1-9-2-6-14(18)17(12(9)7-10)8-11-4-5-13(21-11)15(19)20/h1,3-5,7H,2,6,8H2,(H,19,20). The van der Waals surface area contributed by atoms with Gasteiger partial charge in [-0.2, -0.15) is 0 Å². The minimum Gasteiger partial charge on any atom is -0.477 e. The van der Waals surface area contributed by atoms with E-state index in [-0.39, 0.29) is 23.1 Å². The molecule has 1 amide bonds. The molecule has 0 spiro atoms. The van der Waals surface area contributed by atoms with E-state index in [1.54, 1.807) is 12.1 Å². The van der Waals surface area contributed by atoms with E-state index in [0.717, 1.165) is 21.8 Å². The van der Waals surface area contributed by atoms with Crippen LogP contribution in [0.1, 0.15) is 26.5 Å². The molecule has 21 heavy (non-hydrogen) atoms. The van der Waals surface area contributed by atoms with Gasteiger partial charge in [0.2, 0.25) is 5.91 Å². The molecule has 1 aliphatic heterocycles. The number of carbonyl (C=O) groups excluding carboxylic acids is 1. The van der Waals surface area contributed by atoms with Gasteiger partial charge in [0.15, 0.2) is 0 Å². The van der Waals surface area contributed by atoms with Crippen LogP contribution in [0.4, 0.5) is 10.1 Å². The smallest absolute Gasteiger partial charge is 0.345 e. The lowest BCUT2D eigenvalue weighted by atomic mass is 10.0. The summed E-state index contributed by atoms with van der Waals surface area (Å²) in [6, 6.07) is 7.65. The minimum atomic E-state index is -0.984. The van der Waals surface area contributed by atoms with Crippen molar-refractivity contribution in [3.8, 4) is 0 Å². The average Bonchev–Trinajstić information content (AvgIpc) is 2.91. The first kappa shape index (κ1) is 13.8. The van der Waals surface area contributed by atoms with Crippen LogP contribution in [-0.2, 0) is 17.8 Å². The van der Waals surface area contributed by atoms with Crippen LogP contribution in [0.5, 0.6) is 0 Å². The first-order valence-electron chi connectivity index (χ1n) is 6.45. The van der Waals surface area contributed by atoms with Crippen molar-refractivity contribution < 1.29 is 19.1 Å². The molecule has 2 aromatic rings. The van der Waals surface area contributed by atoms with Crippen molar-refractivity contribution in [2.45, 2.75) is 19.4 Å². The largest absolute Gasteiger partial charge is 0.477 e. The fraction of sp³-hybridized carbons (Fsp3) is 0.200. The molecule has 0 saturated heterocycles. The number of carboxylic acids is 1. The van der Waals surface area contributed by atoms with E-state index in [2.05, 4.69) is 0 Å². The molecule has 0 atom stereocenters. The van der Waals surface area contributed by atoms with Gasteiger partial charge in [-0.05, 0) is 36.2 Å². The fourth-order valence-electron chi connectivity index (χ4n) is 2.42. The molecule has 1 N–H and O–H groups in total. The van der Waals surface area contributed by atoms with Gasteiger partial charge >= 0.3 is 5.97 Å². The zero-order valence-electron chi connectivity index (χ0n) is 11.0. The number of hydrogen-bond donors (Lipinski definition) is 1. The van der Waals surface area contributed by atoms with E-state index in [1.807, 2.05) is 0 Å². The summed E-state index contributed by atoms with van der Waals surface area (Å²) in [5.74, 6) is -1.44. The van der Waals surface area contributed by atoms with Gasteiger partial charge in [0, 0.05) is 11.3 Å². The lowest BCUT2D eigenvalue weighted by Gasteiger charge is -2.29. The lowest BCUT2D eigenvalue weighted by molar-refractivity contribution is -0.119. The zero-order chi connectivity index (χ0) is 15.0. The van der Waals surface area contributed by atoms with Crippen molar-refractivity contribution in [1.82, 2.24) is 0 Å². The number of aryl methyl sites for hydroxylation is 1. The molecule has 0 fully saturated rings. The van der Waals surface area contributed by atoms with Gasteiger partial charge in [-0.15, -0.1) is 11.3 Å². The molecule has 108 valence electrons. The number of hydrogen-bond acceptors (Lipinski definition) is 3. The van der Waals surface area contributed by atoms with Gasteiger partial charge in [-0.3, -0.25) is 4.79 Å². The number of anilines is 1. The summed E-state index contributed by atoms with van der Waals surface area (Å²) in [5, 5.41) is 8.93. The van der Waals surface area contributed by atoms with Crippen LogP contribution < -0.4 is 4.90 Å². The topological polar surface area (TPSA) is 57.6 Å². The normalized spacial score (nSPS) is 14.1. The van der Waals surface area contributed by atoms with Gasteiger partial charge in [0.25, 0.3) is 0 Å². The third kappa shape index (κ3) is 2.67. The van der Waals surface area contributed by atoms with Crippen LogP contribution >= 0.6 is 11.3 Å². The molecule has 0 bridgehead atoms. The molecule has 4 nitrogen and oxygen atoms in total. The second-order valence-corrected chi connectivity index (χ2v) is 5.99. The Bertz CT molecular complexity index is 725. The van der Waals surface area contributed by atoms with E-state index >= 15 is 0 Å². The molecule has 0 unspecified atom stereocenters. The molecule has 0 saturated carbocycles. The first-order chi connectivity index (χ1) is 10.0. The maximum absolute atomic E-state index is 13.4. The second-order valence-electron chi connectivity index (χ2n) is 4.82. The maximum Gasteiger partial charge on any atom is 0.345 e. The zero-order valence-corrected chi connectivity index (χ0v) is 11.8. The number of aromatic carboxylic acids is 1.